The van der Waals surface area contributed by atoms with Crippen LogP contribution in [0.3, 0.4) is 0 Å². The number of carbonyl (C=O) groups excluding carboxylic acids is 1. The molecule has 0 aromatic carbocycles. The first-order valence-corrected chi connectivity index (χ1v) is 4.97. The Kier molecular flexibility index (Phi) is 3.98. The van der Waals surface area contributed by atoms with Crippen LogP contribution in [-0.4, -0.2) is 11.8 Å². The van der Waals surface area contributed by atoms with Crippen molar-refractivity contribution in [2.45, 2.75) is 44.6 Å². The molecule has 1 aliphatic rings. The zero-order chi connectivity index (χ0) is 9.68. The van der Waals surface area contributed by atoms with Crippen molar-refractivity contribution in [2.75, 3.05) is 0 Å². The summed E-state index contributed by atoms with van der Waals surface area (Å²) < 4.78 is 0. The van der Waals surface area contributed by atoms with Gasteiger partial charge in [0.05, 0.1) is 0 Å². The molecule has 1 rings (SSSR count). The van der Waals surface area contributed by atoms with Crippen molar-refractivity contribution in [3.05, 3.63) is 0 Å². The van der Waals surface area contributed by atoms with E-state index in [-0.39, 0.29) is 17.7 Å². The molecule has 1 aliphatic carbocycles. The fraction of sp³-hybridized carbons (Fsp3) is 0.727. The van der Waals surface area contributed by atoms with E-state index in [2.05, 4.69) is 5.92 Å². The molecule has 2 N–H and O–H groups in total. The summed E-state index contributed by atoms with van der Waals surface area (Å²) in [5, 5.41) is 0. The minimum Gasteiger partial charge on any atom is -0.327 e. The van der Waals surface area contributed by atoms with Crippen LogP contribution in [-0.2, 0) is 4.79 Å². The summed E-state index contributed by atoms with van der Waals surface area (Å²) >= 11 is 0. The predicted molar refractivity (Wildman–Crippen MR) is 53.0 cm³/mol. The van der Waals surface area contributed by atoms with E-state index < -0.39 is 0 Å². The first-order valence-electron chi connectivity index (χ1n) is 4.97. The van der Waals surface area contributed by atoms with E-state index in [4.69, 9.17) is 12.2 Å². The minimum absolute atomic E-state index is 0.0824. The molecule has 72 valence electrons. The minimum atomic E-state index is 0.0824. The molecule has 2 unspecified atom stereocenters. The molecular formula is C11H17NO. The summed E-state index contributed by atoms with van der Waals surface area (Å²) in [5.41, 5.74) is 5.88. The lowest BCUT2D eigenvalue weighted by atomic mass is 9.81. The maximum absolute atomic E-state index is 11.6. The molecule has 1 saturated carbocycles. The van der Waals surface area contributed by atoms with Gasteiger partial charge in [0, 0.05) is 24.8 Å². The molecule has 13 heavy (non-hydrogen) atoms. The highest BCUT2D eigenvalue weighted by Gasteiger charge is 2.27. The van der Waals surface area contributed by atoms with Crippen molar-refractivity contribution in [3.8, 4) is 12.3 Å². The lowest BCUT2D eigenvalue weighted by Gasteiger charge is -2.27. The third-order valence-corrected chi connectivity index (χ3v) is 2.75. The van der Waals surface area contributed by atoms with E-state index in [1.54, 1.807) is 0 Å². The largest absolute Gasteiger partial charge is 0.327 e. The summed E-state index contributed by atoms with van der Waals surface area (Å²) in [6.45, 7) is 0. The molecule has 2 nitrogen and oxygen atoms in total. The second-order valence-electron chi connectivity index (χ2n) is 3.73. The molecule has 0 aromatic heterocycles. The summed E-state index contributed by atoms with van der Waals surface area (Å²) in [4.78, 5) is 11.6. The van der Waals surface area contributed by atoms with E-state index in [1.807, 2.05) is 0 Å². The molecular weight excluding hydrogens is 162 g/mol. The Labute approximate surface area is 79.9 Å². The topological polar surface area (TPSA) is 43.1 Å². The molecule has 0 aromatic rings. The zero-order valence-corrected chi connectivity index (χ0v) is 7.96. The first-order chi connectivity index (χ1) is 6.25. The Morgan fingerprint density at radius 1 is 1.46 bits per heavy atom. The van der Waals surface area contributed by atoms with E-state index in [9.17, 15) is 4.79 Å². The van der Waals surface area contributed by atoms with Gasteiger partial charge >= 0.3 is 0 Å². The predicted octanol–water partition coefficient (Wildman–Crippen LogP) is 1.49. The summed E-state index contributed by atoms with van der Waals surface area (Å²) in [5.74, 6) is 2.84. The highest BCUT2D eigenvalue weighted by molar-refractivity contribution is 5.82. The fourth-order valence-electron chi connectivity index (χ4n) is 1.94. The average Bonchev–Trinajstić information content (AvgIpc) is 2.15. The molecule has 0 heterocycles. The molecule has 0 amide bonds. The highest BCUT2D eigenvalue weighted by atomic mass is 16.1. The van der Waals surface area contributed by atoms with Gasteiger partial charge in [0.25, 0.3) is 0 Å². The third-order valence-electron chi connectivity index (χ3n) is 2.75. The molecule has 1 fully saturated rings. The van der Waals surface area contributed by atoms with Gasteiger partial charge in [-0.3, -0.25) is 4.79 Å². The zero-order valence-electron chi connectivity index (χ0n) is 7.96. The van der Waals surface area contributed by atoms with Crippen molar-refractivity contribution >= 4 is 5.78 Å². The van der Waals surface area contributed by atoms with Crippen LogP contribution in [0, 0.1) is 18.3 Å². The molecule has 0 radical (unpaired) electrons. The number of hydrogen-bond donors (Lipinski definition) is 1. The fourth-order valence-corrected chi connectivity index (χ4v) is 1.94. The number of rotatable bonds is 3. The Morgan fingerprint density at radius 2 is 2.15 bits per heavy atom. The Morgan fingerprint density at radius 3 is 2.77 bits per heavy atom. The van der Waals surface area contributed by atoms with Gasteiger partial charge in [-0.15, -0.1) is 12.3 Å². The normalized spacial score (nSPS) is 28.0. The van der Waals surface area contributed by atoms with Crippen LogP contribution in [0.1, 0.15) is 38.5 Å². The Balaban J connectivity index is 2.40. The van der Waals surface area contributed by atoms with Crippen LogP contribution < -0.4 is 5.73 Å². The van der Waals surface area contributed by atoms with Crippen LogP contribution in [0.25, 0.3) is 0 Å². The number of carbonyl (C=O) groups is 1. The monoisotopic (exact) mass is 179 g/mol. The number of Topliss-reactive ketones (excluding diaryl/α,β-unsaturated/α-hetero) is 1. The Hall–Kier alpha value is -0.810. The maximum Gasteiger partial charge on any atom is 0.138 e. The summed E-state index contributed by atoms with van der Waals surface area (Å²) in [6.07, 6.45) is 10.4. The molecule has 0 bridgehead atoms. The SMILES string of the molecule is C#CCCC(=O)C1CCCCC1N. The second-order valence-corrected chi connectivity index (χ2v) is 3.73. The lowest BCUT2D eigenvalue weighted by molar-refractivity contribution is -0.124. The number of ketones is 1. The van der Waals surface area contributed by atoms with Crippen molar-refractivity contribution < 1.29 is 4.79 Å². The first kappa shape index (κ1) is 10.3. The summed E-state index contributed by atoms with van der Waals surface area (Å²) in [6, 6.07) is 0.0824. The Bertz CT molecular complexity index is 217. The van der Waals surface area contributed by atoms with Crippen LogP contribution in [0.5, 0.6) is 0 Å². The molecule has 2 atom stereocenters. The van der Waals surface area contributed by atoms with E-state index >= 15 is 0 Å². The van der Waals surface area contributed by atoms with Gasteiger partial charge in [-0.25, -0.2) is 0 Å². The molecule has 2 heteroatoms. The van der Waals surface area contributed by atoms with E-state index in [1.165, 1.54) is 6.42 Å². The third kappa shape index (κ3) is 2.86. The van der Waals surface area contributed by atoms with E-state index in [0.29, 0.717) is 12.8 Å². The number of nitrogens with two attached hydrogens (primary N) is 1. The van der Waals surface area contributed by atoms with Gasteiger partial charge in [-0.05, 0) is 12.8 Å². The van der Waals surface area contributed by atoms with Crippen molar-refractivity contribution in [1.29, 1.82) is 0 Å². The standard InChI is InChI=1S/C11H17NO/c1-2-3-8-11(13)9-6-4-5-7-10(9)12/h1,9-10H,3-8,12H2. The molecule has 0 saturated heterocycles. The summed E-state index contributed by atoms with van der Waals surface area (Å²) in [7, 11) is 0. The highest BCUT2D eigenvalue weighted by Crippen LogP contribution is 2.24. The van der Waals surface area contributed by atoms with E-state index in [0.717, 1.165) is 19.3 Å². The van der Waals surface area contributed by atoms with Crippen molar-refractivity contribution in [2.24, 2.45) is 11.7 Å². The smallest absolute Gasteiger partial charge is 0.138 e. The van der Waals surface area contributed by atoms with Gasteiger partial charge in [0.2, 0.25) is 0 Å². The molecule has 0 aliphatic heterocycles. The van der Waals surface area contributed by atoms with Gasteiger partial charge < -0.3 is 5.73 Å². The van der Waals surface area contributed by atoms with Gasteiger partial charge in [0.15, 0.2) is 0 Å². The van der Waals surface area contributed by atoms with Gasteiger partial charge in [0.1, 0.15) is 5.78 Å². The number of hydrogen-bond acceptors (Lipinski definition) is 2. The maximum atomic E-state index is 11.6. The van der Waals surface area contributed by atoms with Crippen molar-refractivity contribution in [1.82, 2.24) is 0 Å². The van der Waals surface area contributed by atoms with Crippen LogP contribution in [0.4, 0.5) is 0 Å². The van der Waals surface area contributed by atoms with Crippen LogP contribution >= 0.6 is 0 Å². The van der Waals surface area contributed by atoms with Crippen LogP contribution in [0.15, 0.2) is 0 Å². The lowest BCUT2D eigenvalue weighted by Crippen LogP contribution is -2.37. The van der Waals surface area contributed by atoms with Gasteiger partial charge in [-0.1, -0.05) is 12.8 Å². The van der Waals surface area contributed by atoms with Crippen LogP contribution in [0.2, 0.25) is 0 Å². The quantitative estimate of drug-likeness (QED) is 0.667. The van der Waals surface area contributed by atoms with Gasteiger partial charge in [-0.2, -0.15) is 0 Å². The second kappa shape index (κ2) is 5.04. The average molecular weight is 179 g/mol. The van der Waals surface area contributed by atoms with Crippen molar-refractivity contribution in [3.63, 3.8) is 0 Å². The number of terminal acetylenes is 1. The molecule has 0 spiro atoms.